The van der Waals surface area contributed by atoms with Gasteiger partial charge in [-0.3, -0.25) is 9.59 Å². The molecule has 1 saturated carbocycles. The monoisotopic (exact) mass is 586 g/mol. The average Bonchev–Trinajstić information content (AvgIpc) is 3.49. The Hall–Kier alpha value is -4.21. The Labute approximate surface area is 252 Å². The fraction of sp³-hybridized carbons (Fsp3) is 0.485. The molecule has 0 bridgehead atoms. The van der Waals surface area contributed by atoms with Crippen molar-refractivity contribution in [3.05, 3.63) is 54.2 Å². The van der Waals surface area contributed by atoms with Gasteiger partial charge in [0.25, 0.3) is 5.91 Å². The van der Waals surface area contributed by atoms with E-state index in [1.54, 1.807) is 6.20 Å². The predicted molar refractivity (Wildman–Crippen MR) is 167 cm³/mol. The summed E-state index contributed by atoms with van der Waals surface area (Å²) < 4.78 is 5.34. The molecular weight excluding hydrogens is 544 g/mol. The molecule has 2 fully saturated rings. The van der Waals surface area contributed by atoms with Crippen molar-refractivity contribution < 1.29 is 19.1 Å². The number of nitrogens with one attached hydrogen (secondary N) is 2. The second-order valence-corrected chi connectivity index (χ2v) is 12.7. The minimum absolute atomic E-state index is 0.125. The van der Waals surface area contributed by atoms with Gasteiger partial charge in [-0.1, -0.05) is 18.2 Å². The first-order chi connectivity index (χ1) is 20.6. The van der Waals surface area contributed by atoms with Gasteiger partial charge in [0.2, 0.25) is 5.91 Å². The standard InChI is InChI=1S/C33H42N6O4/c1-33(2,3)43-32(42)37-19-22-12-10-21(11-13-22)18-36-31(41)25-17-27(38-26-8-5-4-7-24(25)26)23-14-15-29(35-20-23)39-16-6-9-28(39)30(34)40/h4-5,7-8,14-15,17,20-22,28H,6,9-13,16,18-19H2,1-3H3,(H2,34,40)(H,36,41)(H,37,42)/t21?,22?,28-/m0/s1. The molecule has 3 aromatic rings. The number of nitrogens with two attached hydrogens (primary N) is 1. The molecule has 1 atom stereocenters. The molecule has 3 amide bonds. The lowest BCUT2D eigenvalue weighted by atomic mass is 9.82. The number of ether oxygens (including phenoxy) is 1. The van der Waals surface area contributed by atoms with E-state index in [9.17, 15) is 14.4 Å². The summed E-state index contributed by atoms with van der Waals surface area (Å²) in [5, 5.41) is 6.86. The molecule has 0 radical (unpaired) electrons. The number of hydrogen-bond donors (Lipinski definition) is 3. The summed E-state index contributed by atoms with van der Waals surface area (Å²) in [4.78, 5) is 48.7. The van der Waals surface area contributed by atoms with Gasteiger partial charge in [-0.25, -0.2) is 14.8 Å². The van der Waals surface area contributed by atoms with Crippen molar-refractivity contribution in [2.24, 2.45) is 17.6 Å². The third-order valence-corrected chi connectivity index (χ3v) is 8.33. The first kappa shape index (κ1) is 30.3. The number of anilines is 1. The van der Waals surface area contributed by atoms with Gasteiger partial charge in [-0.2, -0.15) is 0 Å². The molecular formula is C33H42N6O4. The molecule has 1 aliphatic carbocycles. The van der Waals surface area contributed by atoms with E-state index in [0.717, 1.165) is 61.5 Å². The van der Waals surface area contributed by atoms with Crippen LogP contribution >= 0.6 is 0 Å². The van der Waals surface area contributed by atoms with E-state index in [1.807, 2.05) is 68.1 Å². The van der Waals surface area contributed by atoms with Crippen LogP contribution in [0.1, 0.15) is 69.7 Å². The average molecular weight is 587 g/mol. The van der Waals surface area contributed by atoms with Gasteiger partial charge in [-0.15, -0.1) is 0 Å². The van der Waals surface area contributed by atoms with Crippen molar-refractivity contribution in [1.82, 2.24) is 20.6 Å². The van der Waals surface area contributed by atoms with Crippen LogP contribution in [0.15, 0.2) is 48.7 Å². The zero-order valence-electron chi connectivity index (χ0n) is 25.3. The van der Waals surface area contributed by atoms with Gasteiger partial charge in [-0.05, 0) is 95.4 Å². The molecule has 228 valence electrons. The van der Waals surface area contributed by atoms with Crippen molar-refractivity contribution >= 4 is 34.6 Å². The number of rotatable bonds is 8. The molecule has 0 spiro atoms. The summed E-state index contributed by atoms with van der Waals surface area (Å²) >= 11 is 0. The van der Waals surface area contributed by atoms with Crippen LogP contribution in [0.3, 0.4) is 0 Å². The molecule has 3 heterocycles. The number of benzene rings is 1. The highest BCUT2D eigenvalue weighted by Gasteiger charge is 2.30. The fourth-order valence-electron chi connectivity index (χ4n) is 6.07. The van der Waals surface area contributed by atoms with E-state index in [-0.39, 0.29) is 23.9 Å². The molecule has 10 nitrogen and oxygen atoms in total. The highest BCUT2D eigenvalue weighted by atomic mass is 16.6. The maximum atomic E-state index is 13.5. The Morgan fingerprint density at radius 3 is 2.33 bits per heavy atom. The molecule has 1 aliphatic heterocycles. The van der Waals surface area contributed by atoms with Crippen LogP contribution in [0.25, 0.3) is 22.2 Å². The molecule has 0 unspecified atom stereocenters. The van der Waals surface area contributed by atoms with Crippen molar-refractivity contribution in [2.45, 2.75) is 70.9 Å². The topological polar surface area (TPSA) is 140 Å². The van der Waals surface area contributed by atoms with Crippen LogP contribution in [0, 0.1) is 11.8 Å². The predicted octanol–water partition coefficient (Wildman–Crippen LogP) is 4.81. The Bertz CT molecular complexity index is 1460. The quantitative estimate of drug-likeness (QED) is 0.344. The summed E-state index contributed by atoms with van der Waals surface area (Å²) in [6.45, 7) is 7.52. The third-order valence-electron chi connectivity index (χ3n) is 8.33. The van der Waals surface area contributed by atoms with E-state index in [2.05, 4.69) is 15.6 Å². The van der Waals surface area contributed by atoms with Crippen molar-refractivity contribution in [1.29, 1.82) is 0 Å². The highest BCUT2D eigenvalue weighted by molar-refractivity contribution is 6.07. The van der Waals surface area contributed by atoms with Crippen LogP contribution in [-0.4, -0.2) is 59.2 Å². The number of alkyl carbamates (subject to hydrolysis) is 1. The van der Waals surface area contributed by atoms with Crippen LogP contribution < -0.4 is 21.3 Å². The summed E-state index contributed by atoms with van der Waals surface area (Å²) in [5.74, 6) is 1.05. The van der Waals surface area contributed by atoms with E-state index < -0.39 is 5.60 Å². The van der Waals surface area contributed by atoms with Gasteiger partial charge in [0, 0.05) is 36.8 Å². The molecule has 2 aliphatic rings. The lowest BCUT2D eigenvalue weighted by molar-refractivity contribution is -0.119. The number of fused-ring (bicyclic) bond motifs is 1. The molecule has 1 aromatic carbocycles. The molecule has 43 heavy (non-hydrogen) atoms. The number of hydrogen-bond acceptors (Lipinski definition) is 7. The highest BCUT2D eigenvalue weighted by Crippen LogP contribution is 2.30. The Kier molecular flexibility index (Phi) is 9.13. The molecule has 4 N–H and O–H groups in total. The van der Waals surface area contributed by atoms with E-state index in [4.69, 9.17) is 15.5 Å². The van der Waals surface area contributed by atoms with Crippen molar-refractivity contribution in [3.63, 3.8) is 0 Å². The summed E-state index contributed by atoms with van der Waals surface area (Å²) in [7, 11) is 0. The second-order valence-electron chi connectivity index (χ2n) is 12.7. The number of para-hydroxylation sites is 1. The fourth-order valence-corrected chi connectivity index (χ4v) is 6.07. The van der Waals surface area contributed by atoms with Gasteiger partial charge in [0.1, 0.15) is 17.5 Å². The SMILES string of the molecule is CC(C)(C)OC(=O)NCC1CCC(CNC(=O)c2cc(-c3ccc(N4CCC[C@H]4C(N)=O)nc3)nc3ccccc23)CC1. The molecule has 5 rings (SSSR count). The normalized spacial score (nSPS) is 20.5. The van der Waals surface area contributed by atoms with Crippen LogP contribution in [0.5, 0.6) is 0 Å². The first-order valence-corrected chi connectivity index (χ1v) is 15.2. The largest absolute Gasteiger partial charge is 0.444 e. The number of amides is 3. The van der Waals surface area contributed by atoms with E-state index in [1.165, 1.54) is 0 Å². The van der Waals surface area contributed by atoms with Gasteiger partial charge < -0.3 is 26.0 Å². The molecule has 10 heteroatoms. The number of pyridine rings is 2. The number of carbonyl (C=O) groups excluding carboxylic acids is 3. The Morgan fingerprint density at radius 2 is 1.67 bits per heavy atom. The zero-order valence-corrected chi connectivity index (χ0v) is 25.3. The third kappa shape index (κ3) is 7.60. The van der Waals surface area contributed by atoms with Gasteiger partial charge >= 0.3 is 6.09 Å². The van der Waals surface area contributed by atoms with Crippen molar-refractivity contribution in [2.75, 3.05) is 24.5 Å². The summed E-state index contributed by atoms with van der Waals surface area (Å²) in [5.41, 5.74) is 7.84. The number of aromatic nitrogens is 2. The minimum atomic E-state index is -0.507. The van der Waals surface area contributed by atoms with Crippen LogP contribution in [0.4, 0.5) is 10.6 Å². The van der Waals surface area contributed by atoms with Gasteiger partial charge in [0.05, 0.1) is 16.8 Å². The van der Waals surface area contributed by atoms with Crippen LogP contribution in [0.2, 0.25) is 0 Å². The Morgan fingerprint density at radius 1 is 0.977 bits per heavy atom. The Balaban J connectivity index is 1.21. The lowest BCUT2D eigenvalue weighted by Crippen LogP contribution is -2.40. The van der Waals surface area contributed by atoms with Crippen molar-refractivity contribution in [3.8, 4) is 11.3 Å². The maximum Gasteiger partial charge on any atom is 0.407 e. The maximum absolute atomic E-state index is 13.5. The summed E-state index contributed by atoms with van der Waals surface area (Å²) in [6, 6.07) is 12.9. The first-order valence-electron chi connectivity index (χ1n) is 15.2. The van der Waals surface area contributed by atoms with Gasteiger partial charge in [0.15, 0.2) is 0 Å². The van der Waals surface area contributed by atoms with E-state index in [0.29, 0.717) is 42.0 Å². The van der Waals surface area contributed by atoms with Crippen LogP contribution in [-0.2, 0) is 9.53 Å². The lowest BCUT2D eigenvalue weighted by Gasteiger charge is -2.29. The number of nitrogens with zero attached hydrogens (tertiary/aromatic N) is 3. The number of primary amides is 1. The van der Waals surface area contributed by atoms with E-state index >= 15 is 0 Å². The number of carbonyl (C=O) groups is 3. The molecule has 1 saturated heterocycles. The smallest absolute Gasteiger partial charge is 0.407 e. The second kappa shape index (κ2) is 13.0. The zero-order chi connectivity index (χ0) is 30.6. The minimum Gasteiger partial charge on any atom is -0.444 e. The summed E-state index contributed by atoms with van der Waals surface area (Å²) in [6.07, 6.45) is 6.98. The molecule has 2 aromatic heterocycles.